The van der Waals surface area contributed by atoms with Gasteiger partial charge in [0.15, 0.2) is 5.78 Å². The van der Waals surface area contributed by atoms with E-state index in [2.05, 4.69) is 9.97 Å². The third-order valence-electron chi connectivity index (χ3n) is 2.75. The predicted molar refractivity (Wildman–Crippen MR) is 76.2 cm³/mol. The molecule has 102 valence electrons. The molecule has 0 spiro atoms. The minimum absolute atomic E-state index is 0.0331. The van der Waals surface area contributed by atoms with Crippen molar-refractivity contribution in [1.82, 2.24) is 9.97 Å². The number of Topliss-reactive ketones (excluding diaryl/α,β-unsaturated/α-hetero) is 2. The third-order valence-corrected chi connectivity index (χ3v) is 3.18. The van der Waals surface area contributed by atoms with Gasteiger partial charge in [0.1, 0.15) is 17.4 Å². The molecule has 0 saturated carbocycles. The summed E-state index contributed by atoms with van der Waals surface area (Å²) >= 11 is 11.5. The number of benzene rings is 1. The van der Waals surface area contributed by atoms with Gasteiger partial charge in [-0.2, -0.15) is 0 Å². The molecule has 4 nitrogen and oxygen atoms in total. The predicted octanol–water partition coefficient (Wildman–Crippen LogP) is 3.34. The van der Waals surface area contributed by atoms with Crippen molar-refractivity contribution in [2.75, 3.05) is 0 Å². The summed E-state index contributed by atoms with van der Waals surface area (Å²) in [5, 5.41) is 0.503. The van der Waals surface area contributed by atoms with Crippen molar-refractivity contribution in [2.45, 2.75) is 12.8 Å². The van der Waals surface area contributed by atoms with Crippen molar-refractivity contribution in [3.8, 4) is 0 Å². The number of aromatic nitrogens is 2. The number of hydrogen-bond donors (Lipinski definition) is 0. The minimum Gasteiger partial charge on any atom is -0.299 e. The van der Waals surface area contributed by atoms with Crippen LogP contribution in [0.25, 0.3) is 0 Å². The van der Waals surface area contributed by atoms with Gasteiger partial charge in [-0.15, -0.1) is 0 Å². The lowest BCUT2D eigenvalue weighted by Gasteiger charge is -2.12. The molecule has 0 aliphatic carbocycles. The van der Waals surface area contributed by atoms with E-state index in [-0.39, 0.29) is 16.8 Å². The molecule has 1 aromatic carbocycles. The molecular formula is C14H10Cl2N2O2. The van der Waals surface area contributed by atoms with E-state index in [1.165, 1.54) is 19.2 Å². The molecule has 0 N–H and O–H groups in total. The minimum atomic E-state index is -0.918. The Hall–Kier alpha value is -1.78. The highest BCUT2D eigenvalue weighted by atomic mass is 35.5. The molecule has 1 unspecified atom stereocenters. The molecule has 1 atom stereocenters. The molecule has 0 bridgehead atoms. The summed E-state index contributed by atoms with van der Waals surface area (Å²) in [5.74, 6) is -1.60. The highest BCUT2D eigenvalue weighted by molar-refractivity contribution is 6.30. The maximum Gasteiger partial charge on any atom is 0.222 e. The second kappa shape index (κ2) is 6.11. The number of rotatable bonds is 4. The van der Waals surface area contributed by atoms with E-state index in [4.69, 9.17) is 23.2 Å². The van der Waals surface area contributed by atoms with Gasteiger partial charge in [-0.1, -0.05) is 23.7 Å². The van der Waals surface area contributed by atoms with Crippen LogP contribution in [0.3, 0.4) is 0 Å². The van der Waals surface area contributed by atoms with Crippen LogP contribution in [0.4, 0.5) is 0 Å². The molecule has 20 heavy (non-hydrogen) atoms. The van der Waals surface area contributed by atoms with Crippen LogP contribution in [0.2, 0.25) is 10.3 Å². The van der Waals surface area contributed by atoms with Gasteiger partial charge in [-0.25, -0.2) is 9.97 Å². The van der Waals surface area contributed by atoms with E-state index < -0.39 is 11.7 Å². The van der Waals surface area contributed by atoms with Crippen LogP contribution in [-0.4, -0.2) is 21.5 Å². The standard InChI is InChI=1S/C14H10Cl2N2O2/c1-8(19)12(9-2-4-10(15)5-3-9)13(20)11-6-7-17-14(16)18-11/h2-7,12H,1H3. The van der Waals surface area contributed by atoms with Gasteiger partial charge >= 0.3 is 0 Å². The SMILES string of the molecule is CC(=O)C(C(=O)c1ccnc(Cl)n1)c1ccc(Cl)cc1. The fourth-order valence-electron chi connectivity index (χ4n) is 1.85. The van der Waals surface area contributed by atoms with Crippen LogP contribution < -0.4 is 0 Å². The topological polar surface area (TPSA) is 59.9 Å². The Morgan fingerprint density at radius 3 is 2.30 bits per heavy atom. The van der Waals surface area contributed by atoms with E-state index >= 15 is 0 Å². The zero-order valence-corrected chi connectivity index (χ0v) is 12.0. The van der Waals surface area contributed by atoms with Crippen molar-refractivity contribution in [1.29, 1.82) is 0 Å². The number of ketones is 2. The van der Waals surface area contributed by atoms with Gasteiger partial charge < -0.3 is 0 Å². The van der Waals surface area contributed by atoms with E-state index in [0.717, 1.165) is 0 Å². The van der Waals surface area contributed by atoms with Gasteiger partial charge in [-0.3, -0.25) is 9.59 Å². The van der Waals surface area contributed by atoms with Gasteiger partial charge in [0, 0.05) is 11.2 Å². The van der Waals surface area contributed by atoms with E-state index in [0.29, 0.717) is 10.6 Å². The Bertz CT molecular complexity index is 656. The van der Waals surface area contributed by atoms with Crippen LogP contribution in [0.1, 0.15) is 28.9 Å². The largest absolute Gasteiger partial charge is 0.299 e. The Morgan fingerprint density at radius 1 is 1.10 bits per heavy atom. The summed E-state index contributed by atoms with van der Waals surface area (Å²) < 4.78 is 0. The average molecular weight is 309 g/mol. The van der Waals surface area contributed by atoms with Gasteiger partial charge in [0.25, 0.3) is 0 Å². The van der Waals surface area contributed by atoms with Gasteiger partial charge in [0.2, 0.25) is 5.28 Å². The van der Waals surface area contributed by atoms with E-state index in [1.807, 2.05) is 0 Å². The number of halogens is 2. The highest BCUT2D eigenvalue weighted by Gasteiger charge is 2.27. The van der Waals surface area contributed by atoms with Crippen LogP contribution in [0.15, 0.2) is 36.5 Å². The first kappa shape index (κ1) is 14.6. The Labute approximate surface area is 125 Å². The monoisotopic (exact) mass is 308 g/mol. The fourth-order valence-corrected chi connectivity index (χ4v) is 2.12. The zero-order chi connectivity index (χ0) is 14.7. The molecule has 0 saturated heterocycles. The molecule has 0 fully saturated rings. The Kier molecular flexibility index (Phi) is 4.47. The van der Waals surface area contributed by atoms with Crippen LogP contribution in [0, 0.1) is 0 Å². The maximum absolute atomic E-state index is 12.4. The lowest BCUT2D eigenvalue weighted by atomic mass is 9.90. The smallest absolute Gasteiger partial charge is 0.222 e. The first-order valence-electron chi connectivity index (χ1n) is 5.77. The van der Waals surface area contributed by atoms with Crippen molar-refractivity contribution in [3.05, 3.63) is 58.1 Å². The lowest BCUT2D eigenvalue weighted by Crippen LogP contribution is -2.21. The van der Waals surface area contributed by atoms with Gasteiger partial charge in [-0.05, 0) is 42.3 Å². The number of hydrogen-bond acceptors (Lipinski definition) is 4. The molecular weight excluding hydrogens is 299 g/mol. The fraction of sp³-hybridized carbons (Fsp3) is 0.143. The molecule has 0 amide bonds. The summed E-state index contributed by atoms with van der Waals surface area (Å²) in [6.07, 6.45) is 1.38. The van der Waals surface area contributed by atoms with Crippen molar-refractivity contribution in [2.24, 2.45) is 0 Å². The average Bonchev–Trinajstić information content (AvgIpc) is 2.41. The molecule has 0 aliphatic rings. The summed E-state index contributed by atoms with van der Waals surface area (Å²) in [7, 11) is 0. The molecule has 1 heterocycles. The zero-order valence-electron chi connectivity index (χ0n) is 10.5. The summed E-state index contributed by atoms with van der Waals surface area (Å²) in [5.41, 5.74) is 0.682. The quantitative estimate of drug-likeness (QED) is 0.494. The third kappa shape index (κ3) is 3.21. The number of carbonyl (C=O) groups is 2. The highest BCUT2D eigenvalue weighted by Crippen LogP contribution is 2.23. The normalized spacial score (nSPS) is 11.9. The summed E-state index contributed by atoms with van der Waals surface area (Å²) in [6, 6.07) is 7.99. The van der Waals surface area contributed by atoms with Crippen molar-refractivity contribution < 1.29 is 9.59 Å². The Morgan fingerprint density at radius 2 is 1.75 bits per heavy atom. The first-order valence-corrected chi connectivity index (χ1v) is 6.53. The lowest BCUT2D eigenvalue weighted by molar-refractivity contribution is -0.117. The Balaban J connectivity index is 2.41. The first-order chi connectivity index (χ1) is 9.49. The molecule has 6 heteroatoms. The van der Waals surface area contributed by atoms with Crippen LogP contribution >= 0.6 is 23.2 Å². The number of carbonyl (C=O) groups excluding carboxylic acids is 2. The van der Waals surface area contributed by atoms with Crippen LogP contribution in [-0.2, 0) is 4.79 Å². The molecule has 1 aromatic heterocycles. The summed E-state index contributed by atoms with van der Waals surface area (Å²) in [4.78, 5) is 31.8. The molecule has 2 rings (SSSR count). The van der Waals surface area contributed by atoms with E-state index in [1.54, 1.807) is 24.3 Å². The van der Waals surface area contributed by atoms with Crippen LogP contribution in [0.5, 0.6) is 0 Å². The van der Waals surface area contributed by atoms with Gasteiger partial charge in [0.05, 0.1) is 0 Å². The second-order valence-corrected chi connectivity index (χ2v) is 4.94. The molecule has 0 radical (unpaired) electrons. The van der Waals surface area contributed by atoms with Crippen molar-refractivity contribution in [3.63, 3.8) is 0 Å². The van der Waals surface area contributed by atoms with Crippen molar-refractivity contribution >= 4 is 34.8 Å². The summed E-state index contributed by atoms with van der Waals surface area (Å²) in [6.45, 7) is 1.36. The maximum atomic E-state index is 12.4. The molecule has 2 aromatic rings. The second-order valence-electron chi connectivity index (χ2n) is 4.17. The number of nitrogens with zero attached hydrogens (tertiary/aromatic N) is 2. The molecule has 0 aliphatic heterocycles. The van der Waals surface area contributed by atoms with E-state index in [9.17, 15) is 9.59 Å².